The maximum Gasteiger partial charge on any atom is 0.309 e. The number of aliphatic hydroxyl groups is 1. The van der Waals surface area contributed by atoms with Crippen LogP contribution in [0.1, 0.15) is 31.2 Å². The number of esters is 1. The standard InChI is InChI=1S/C24H26FN3O5/c25-18-12-17(26-19-7-9-21(29)27-23(19)31)6-8-20(18)28-11-10-24(32,15-28)13-22(30)33-14-16-4-2-1-3-5-16/h1-6,8,12,19,26,32H,7,9-11,13-15H2,(H,27,29,31). The molecule has 0 bridgehead atoms. The van der Waals surface area contributed by atoms with E-state index in [-0.39, 0.29) is 31.9 Å². The van der Waals surface area contributed by atoms with Crippen LogP contribution < -0.4 is 15.5 Å². The molecule has 2 amide bonds. The van der Waals surface area contributed by atoms with E-state index in [0.29, 0.717) is 30.8 Å². The number of carbonyl (C=O) groups excluding carboxylic acids is 3. The van der Waals surface area contributed by atoms with Crippen LogP contribution in [0.4, 0.5) is 15.8 Å². The number of hydrogen-bond donors (Lipinski definition) is 3. The van der Waals surface area contributed by atoms with E-state index in [1.54, 1.807) is 17.0 Å². The highest BCUT2D eigenvalue weighted by Crippen LogP contribution is 2.32. The molecule has 9 heteroatoms. The fourth-order valence-corrected chi connectivity index (χ4v) is 4.15. The first-order valence-electron chi connectivity index (χ1n) is 10.9. The number of rotatable bonds is 7. The first-order chi connectivity index (χ1) is 15.8. The minimum atomic E-state index is -1.30. The molecule has 2 aromatic carbocycles. The van der Waals surface area contributed by atoms with E-state index in [0.717, 1.165) is 5.56 Å². The Labute approximate surface area is 190 Å². The topological polar surface area (TPSA) is 108 Å². The van der Waals surface area contributed by atoms with Crippen molar-refractivity contribution in [1.29, 1.82) is 0 Å². The van der Waals surface area contributed by atoms with Gasteiger partial charge in [0.15, 0.2) is 0 Å². The second-order valence-corrected chi connectivity index (χ2v) is 8.53. The van der Waals surface area contributed by atoms with Gasteiger partial charge in [-0.05, 0) is 36.6 Å². The lowest BCUT2D eigenvalue weighted by Gasteiger charge is -2.25. The van der Waals surface area contributed by atoms with E-state index >= 15 is 0 Å². The summed E-state index contributed by atoms with van der Waals surface area (Å²) >= 11 is 0. The third-order valence-corrected chi connectivity index (χ3v) is 5.92. The summed E-state index contributed by atoms with van der Waals surface area (Å²) in [6, 6.07) is 13.2. The van der Waals surface area contributed by atoms with Gasteiger partial charge in [0.2, 0.25) is 11.8 Å². The number of piperidine rings is 1. The molecule has 8 nitrogen and oxygen atoms in total. The van der Waals surface area contributed by atoms with Crippen LogP contribution in [-0.4, -0.2) is 47.6 Å². The number of β-amino-alcohol motifs (C(OH)–C–C–N with tert-alkyl or cyclic N) is 1. The van der Waals surface area contributed by atoms with Gasteiger partial charge in [-0.15, -0.1) is 0 Å². The van der Waals surface area contributed by atoms with Gasteiger partial charge in [-0.1, -0.05) is 30.3 Å². The molecule has 0 radical (unpaired) electrons. The lowest BCUT2D eigenvalue weighted by Crippen LogP contribution is -2.47. The van der Waals surface area contributed by atoms with Crippen molar-refractivity contribution in [1.82, 2.24) is 5.32 Å². The summed E-state index contributed by atoms with van der Waals surface area (Å²) < 4.78 is 20.1. The van der Waals surface area contributed by atoms with Crippen LogP contribution in [0, 0.1) is 5.82 Å². The second kappa shape index (κ2) is 9.58. The summed E-state index contributed by atoms with van der Waals surface area (Å²) in [5.74, 6) is -1.76. The number of nitrogens with one attached hydrogen (secondary N) is 2. The summed E-state index contributed by atoms with van der Waals surface area (Å²) in [4.78, 5) is 37.1. The molecule has 3 N–H and O–H groups in total. The molecule has 2 atom stereocenters. The zero-order valence-electron chi connectivity index (χ0n) is 18.1. The number of halogens is 1. The Morgan fingerprint density at radius 2 is 2.03 bits per heavy atom. The summed E-state index contributed by atoms with van der Waals surface area (Å²) in [5.41, 5.74) is 0.283. The fourth-order valence-electron chi connectivity index (χ4n) is 4.15. The third-order valence-electron chi connectivity index (χ3n) is 5.92. The van der Waals surface area contributed by atoms with E-state index in [1.807, 2.05) is 30.3 Å². The zero-order chi connectivity index (χ0) is 23.4. The molecule has 0 spiro atoms. The smallest absolute Gasteiger partial charge is 0.309 e. The second-order valence-electron chi connectivity index (χ2n) is 8.53. The number of nitrogens with zero attached hydrogens (tertiary/aromatic N) is 1. The van der Waals surface area contributed by atoms with Crippen LogP contribution in [0.5, 0.6) is 0 Å². The van der Waals surface area contributed by atoms with Gasteiger partial charge in [0, 0.05) is 25.2 Å². The average molecular weight is 455 g/mol. The number of benzene rings is 2. The molecule has 0 saturated carbocycles. The molecule has 0 aromatic heterocycles. The van der Waals surface area contributed by atoms with Crippen molar-refractivity contribution in [3.63, 3.8) is 0 Å². The number of imide groups is 1. The monoisotopic (exact) mass is 455 g/mol. The number of ether oxygens (including phenoxy) is 1. The largest absolute Gasteiger partial charge is 0.461 e. The summed E-state index contributed by atoms with van der Waals surface area (Å²) in [6.45, 7) is 0.624. The van der Waals surface area contributed by atoms with E-state index in [2.05, 4.69) is 10.6 Å². The van der Waals surface area contributed by atoms with Gasteiger partial charge in [0.05, 0.1) is 17.7 Å². The van der Waals surface area contributed by atoms with Crippen molar-refractivity contribution in [2.45, 2.75) is 43.9 Å². The zero-order valence-corrected chi connectivity index (χ0v) is 18.1. The molecule has 174 valence electrons. The first-order valence-corrected chi connectivity index (χ1v) is 10.9. The Balaban J connectivity index is 1.32. The Hall–Kier alpha value is -3.46. The van der Waals surface area contributed by atoms with Gasteiger partial charge in [-0.3, -0.25) is 19.7 Å². The molecular weight excluding hydrogens is 429 g/mol. The van der Waals surface area contributed by atoms with Crippen molar-refractivity contribution >= 4 is 29.2 Å². The van der Waals surface area contributed by atoms with Crippen LogP contribution in [0.15, 0.2) is 48.5 Å². The van der Waals surface area contributed by atoms with Crippen molar-refractivity contribution < 1.29 is 28.6 Å². The van der Waals surface area contributed by atoms with Gasteiger partial charge >= 0.3 is 5.97 Å². The molecule has 2 heterocycles. The molecule has 2 unspecified atom stereocenters. The molecule has 2 saturated heterocycles. The number of amides is 2. The maximum atomic E-state index is 14.8. The number of anilines is 2. The molecular formula is C24H26FN3O5. The van der Waals surface area contributed by atoms with Gasteiger partial charge < -0.3 is 20.1 Å². The van der Waals surface area contributed by atoms with Crippen molar-refractivity contribution in [2.24, 2.45) is 0 Å². The van der Waals surface area contributed by atoms with Crippen molar-refractivity contribution in [3.8, 4) is 0 Å². The summed E-state index contributed by atoms with van der Waals surface area (Å²) in [5, 5.41) is 16.1. The van der Waals surface area contributed by atoms with Crippen LogP contribution >= 0.6 is 0 Å². The van der Waals surface area contributed by atoms with Crippen molar-refractivity contribution in [3.05, 3.63) is 59.9 Å². The van der Waals surface area contributed by atoms with E-state index in [9.17, 15) is 23.9 Å². The Kier molecular flexibility index (Phi) is 6.60. The maximum absolute atomic E-state index is 14.8. The van der Waals surface area contributed by atoms with Crippen LogP contribution in [0.3, 0.4) is 0 Å². The van der Waals surface area contributed by atoms with Gasteiger partial charge in [0.25, 0.3) is 0 Å². The third kappa shape index (κ3) is 5.67. The van der Waals surface area contributed by atoms with E-state index in [1.165, 1.54) is 6.07 Å². The highest BCUT2D eigenvalue weighted by Gasteiger charge is 2.39. The molecule has 2 aromatic rings. The Bertz CT molecular complexity index is 1050. The minimum Gasteiger partial charge on any atom is -0.461 e. The minimum absolute atomic E-state index is 0.101. The van der Waals surface area contributed by atoms with Crippen LogP contribution in [0.25, 0.3) is 0 Å². The van der Waals surface area contributed by atoms with E-state index < -0.39 is 29.3 Å². The quantitative estimate of drug-likeness (QED) is 0.434. The SMILES string of the molecule is O=C1CCC(Nc2ccc(N3CCC(O)(CC(=O)OCc4ccccc4)C3)c(F)c2)C(=O)N1. The molecule has 2 aliphatic heterocycles. The highest BCUT2D eigenvalue weighted by atomic mass is 19.1. The summed E-state index contributed by atoms with van der Waals surface area (Å²) in [7, 11) is 0. The fraction of sp³-hybridized carbons (Fsp3) is 0.375. The molecule has 4 rings (SSSR count). The van der Waals surface area contributed by atoms with Gasteiger partial charge in [-0.25, -0.2) is 4.39 Å². The van der Waals surface area contributed by atoms with Gasteiger partial charge in [-0.2, -0.15) is 0 Å². The van der Waals surface area contributed by atoms with E-state index in [4.69, 9.17) is 4.74 Å². The predicted octanol–water partition coefficient (Wildman–Crippen LogP) is 2.12. The lowest BCUT2D eigenvalue weighted by molar-refractivity contribution is -0.149. The number of carbonyl (C=O) groups is 3. The predicted molar refractivity (Wildman–Crippen MR) is 119 cm³/mol. The van der Waals surface area contributed by atoms with Gasteiger partial charge in [0.1, 0.15) is 18.5 Å². The Morgan fingerprint density at radius 1 is 1.24 bits per heavy atom. The highest BCUT2D eigenvalue weighted by molar-refractivity contribution is 6.01. The average Bonchev–Trinajstić information content (AvgIpc) is 3.16. The molecule has 0 aliphatic carbocycles. The number of hydrogen-bond acceptors (Lipinski definition) is 7. The Morgan fingerprint density at radius 3 is 2.76 bits per heavy atom. The molecule has 33 heavy (non-hydrogen) atoms. The van der Waals surface area contributed by atoms with Crippen LogP contribution in [0.2, 0.25) is 0 Å². The van der Waals surface area contributed by atoms with Crippen molar-refractivity contribution in [2.75, 3.05) is 23.3 Å². The first kappa shape index (κ1) is 22.7. The lowest BCUT2D eigenvalue weighted by atomic mass is 9.99. The normalized spacial score (nSPS) is 22.7. The van der Waals surface area contributed by atoms with Crippen LogP contribution in [-0.2, 0) is 25.7 Å². The molecule has 2 fully saturated rings. The summed E-state index contributed by atoms with van der Waals surface area (Å²) in [6.07, 6.45) is 0.702. The molecule has 2 aliphatic rings.